The van der Waals surface area contributed by atoms with Gasteiger partial charge in [-0.1, -0.05) is 25.1 Å². The first kappa shape index (κ1) is 20.7. The second-order valence-electron chi connectivity index (χ2n) is 7.40. The molecule has 0 unspecified atom stereocenters. The van der Waals surface area contributed by atoms with Gasteiger partial charge in [0.25, 0.3) is 5.91 Å². The zero-order chi connectivity index (χ0) is 21.6. The van der Waals surface area contributed by atoms with E-state index in [1.807, 2.05) is 25.1 Å². The summed E-state index contributed by atoms with van der Waals surface area (Å²) in [4.78, 5) is 34.8. The van der Waals surface area contributed by atoms with Gasteiger partial charge in [0.2, 0.25) is 11.9 Å². The normalized spacial score (nSPS) is 14.3. The molecule has 0 bridgehead atoms. The van der Waals surface area contributed by atoms with Crippen LogP contribution in [0.2, 0.25) is 0 Å². The summed E-state index contributed by atoms with van der Waals surface area (Å²) in [7, 11) is 2.12. The number of carbonyl (C=O) groups is 1. The van der Waals surface area contributed by atoms with Gasteiger partial charge in [-0.15, -0.1) is 0 Å². The molecule has 1 saturated heterocycles. The molecule has 1 amide bonds. The quantitative estimate of drug-likeness (QED) is 0.630. The Hall–Kier alpha value is -3.59. The third-order valence-corrected chi connectivity index (χ3v) is 5.07. The zero-order valence-electron chi connectivity index (χ0n) is 17.7. The van der Waals surface area contributed by atoms with Crippen molar-refractivity contribution < 1.29 is 4.79 Å². The van der Waals surface area contributed by atoms with Crippen LogP contribution in [0.25, 0.3) is 0 Å². The number of likely N-dealkylation sites (N-methyl/N-ethyl adjacent to an activating group) is 1. The number of hydrogen-bond donors (Lipinski definition) is 2. The lowest BCUT2D eigenvalue weighted by Gasteiger charge is -2.32. The summed E-state index contributed by atoms with van der Waals surface area (Å²) < 4.78 is 0. The summed E-state index contributed by atoms with van der Waals surface area (Å²) in [5.74, 6) is 2.31. The molecule has 1 aromatic carbocycles. The minimum absolute atomic E-state index is 0.176. The van der Waals surface area contributed by atoms with E-state index in [1.165, 1.54) is 0 Å². The summed E-state index contributed by atoms with van der Waals surface area (Å²) in [5, 5.41) is 6.00. The maximum Gasteiger partial charge on any atom is 0.255 e. The Balaban J connectivity index is 1.45. The maximum absolute atomic E-state index is 12.3. The highest BCUT2D eigenvalue weighted by molar-refractivity contribution is 6.04. The first-order chi connectivity index (χ1) is 15.1. The van der Waals surface area contributed by atoms with Gasteiger partial charge in [-0.2, -0.15) is 15.0 Å². The van der Waals surface area contributed by atoms with E-state index in [0.29, 0.717) is 29.0 Å². The zero-order valence-corrected chi connectivity index (χ0v) is 17.7. The molecule has 31 heavy (non-hydrogen) atoms. The Morgan fingerprint density at radius 3 is 2.45 bits per heavy atom. The highest BCUT2D eigenvalue weighted by atomic mass is 16.1. The van der Waals surface area contributed by atoms with Crippen molar-refractivity contribution in [1.29, 1.82) is 0 Å². The lowest BCUT2D eigenvalue weighted by Crippen LogP contribution is -2.45. The molecule has 0 spiro atoms. The largest absolute Gasteiger partial charge is 0.338 e. The van der Waals surface area contributed by atoms with Crippen LogP contribution in [0, 0.1) is 0 Å². The van der Waals surface area contributed by atoms with E-state index < -0.39 is 0 Å². The Morgan fingerprint density at radius 2 is 1.77 bits per heavy atom. The molecule has 4 rings (SSSR count). The summed E-state index contributed by atoms with van der Waals surface area (Å²) in [6.45, 7) is 5.75. The number of aromatic nitrogens is 4. The Kier molecular flexibility index (Phi) is 6.32. The number of benzene rings is 1. The SMILES string of the molecule is CCc1nc(Nc2ccc(NC(=O)c3ccccc3)cn2)nc(N2CCN(C)CC2)n1. The van der Waals surface area contributed by atoms with Crippen LogP contribution in [0.1, 0.15) is 23.1 Å². The minimum atomic E-state index is -0.176. The van der Waals surface area contributed by atoms with Gasteiger partial charge in [0.05, 0.1) is 11.9 Å². The van der Waals surface area contributed by atoms with E-state index in [4.69, 9.17) is 0 Å². The predicted molar refractivity (Wildman–Crippen MR) is 121 cm³/mol. The van der Waals surface area contributed by atoms with Crippen molar-refractivity contribution in [1.82, 2.24) is 24.8 Å². The van der Waals surface area contributed by atoms with E-state index in [9.17, 15) is 4.79 Å². The van der Waals surface area contributed by atoms with Crippen molar-refractivity contribution in [3.63, 3.8) is 0 Å². The molecule has 3 aromatic rings. The molecular formula is C22H26N8O. The molecule has 0 radical (unpaired) electrons. The molecule has 0 saturated carbocycles. The highest BCUT2D eigenvalue weighted by Gasteiger charge is 2.18. The first-order valence-corrected chi connectivity index (χ1v) is 10.4. The van der Waals surface area contributed by atoms with Crippen LogP contribution in [0.5, 0.6) is 0 Å². The number of carbonyl (C=O) groups excluding carboxylic acids is 1. The van der Waals surface area contributed by atoms with Gasteiger partial charge in [-0.25, -0.2) is 4.98 Å². The second-order valence-corrected chi connectivity index (χ2v) is 7.40. The van der Waals surface area contributed by atoms with Gasteiger partial charge in [0, 0.05) is 38.2 Å². The second kappa shape index (κ2) is 9.48. The topological polar surface area (TPSA) is 99.2 Å². The Morgan fingerprint density at radius 1 is 1.00 bits per heavy atom. The van der Waals surface area contributed by atoms with Crippen molar-refractivity contribution in [2.24, 2.45) is 0 Å². The number of amides is 1. The predicted octanol–water partition coefficient (Wildman–Crippen LogP) is 2.58. The molecule has 1 aliphatic heterocycles. The fraction of sp³-hybridized carbons (Fsp3) is 0.318. The van der Waals surface area contributed by atoms with Crippen LogP contribution in [0.3, 0.4) is 0 Å². The van der Waals surface area contributed by atoms with E-state index in [1.54, 1.807) is 30.5 Å². The van der Waals surface area contributed by atoms with Gasteiger partial charge < -0.3 is 20.4 Å². The summed E-state index contributed by atoms with van der Waals surface area (Å²) in [6, 6.07) is 12.6. The molecule has 0 aliphatic carbocycles. The van der Waals surface area contributed by atoms with Crippen LogP contribution >= 0.6 is 0 Å². The number of piperazine rings is 1. The number of nitrogens with zero attached hydrogens (tertiary/aromatic N) is 6. The van der Waals surface area contributed by atoms with Crippen LogP contribution in [0.15, 0.2) is 48.7 Å². The summed E-state index contributed by atoms with van der Waals surface area (Å²) in [5.41, 5.74) is 1.21. The van der Waals surface area contributed by atoms with E-state index in [2.05, 4.69) is 47.4 Å². The van der Waals surface area contributed by atoms with Gasteiger partial charge in [0.1, 0.15) is 11.6 Å². The monoisotopic (exact) mass is 418 g/mol. The van der Waals surface area contributed by atoms with Crippen molar-refractivity contribution in [2.75, 3.05) is 48.8 Å². The average Bonchev–Trinajstić information content (AvgIpc) is 2.81. The number of hydrogen-bond acceptors (Lipinski definition) is 8. The molecule has 160 valence electrons. The van der Waals surface area contributed by atoms with E-state index in [-0.39, 0.29) is 5.91 Å². The lowest BCUT2D eigenvalue weighted by molar-refractivity contribution is 0.102. The minimum Gasteiger partial charge on any atom is -0.338 e. The molecule has 1 aliphatic rings. The highest BCUT2D eigenvalue weighted by Crippen LogP contribution is 2.18. The first-order valence-electron chi connectivity index (χ1n) is 10.4. The average molecular weight is 419 g/mol. The fourth-order valence-electron chi connectivity index (χ4n) is 3.22. The smallest absolute Gasteiger partial charge is 0.255 e. The van der Waals surface area contributed by atoms with Gasteiger partial charge in [0.15, 0.2) is 0 Å². The lowest BCUT2D eigenvalue weighted by atomic mass is 10.2. The van der Waals surface area contributed by atoms with Crippen LogP contribution in [-0.2, 0) is 6.42 Å². The fourth-order valence-corrected chi connectivity index (χ4v) is 3.22. The number of aryl methyl sites for hydroxylation is 1. The van der Waals surface area contributed by atoms with Gasteiger partial charge >= 0.3 is 0 Å². The Bertz CT molecular complexity index is 1020. The number of pyridine rings is 1. The van der Waals surface area contributed by atoms with Gasteiger partial charge in [-0.05, 0) is 31.3 Å². The van der Waals surface area contributed by atoms with Crippen molar-refractivity contribution in [2.45, 2.75) is 13.3 Å². The standard InChI is InChI=1S/C22H26N8O/c1-3-18-25-21(28-22(27-18)30-13-11-29(2)12-14-30)26-19-10-9-17(15-23-19)24-20(31)16-7-5-4-6-8-16/h4-10,15H,3,11-14H2,1-2H3,(H,24,31)(H,23,25,26,27,28). The van der Waals surface area contributed by atoms with Crippen molar-refractivity contribution in [3.8, 4) is 0 Å². The number of rotatable bonds is 6. The Labute approximate surface area is 181 Å². The molecule has 2 aromatic heterocycles. The number of anilines is 4. The molecule has 9 heteroatoms. The van der Waals surface area contributed by atoms with Crippen molar-refractivity contribution >= 4 is 29.3 Å². The molecular weight excluding hydrogens is 392 g/mol. The van der Waals surface area contributed by atoms with Crippen LogP contribution < -0.4 is 15.5 Å². The molecule has 0 atom stereocenters. The van der Waals surface area contributed by atoms with Gasteiger partial charge in [-0.3, -0.25) is 4.79 Å². The molecule has 3 heterocycles. The third kappa shape index (κ3) is 5.32. The van der Waals surface area contributed by atoms with Crippen LogP contribution in [-0.4, -0.2) is 64.0 Å². The maximum atomic E-state index is 12.3. The van der Waals surface area contributed by atoms with E-state index >= 15 is 0 Å². The van der Waals surface area contributed by atoms with Crippen LogP contribution in [0.4, 0.5) is 23.4 Å². The van der Waals surface area contributed by atoms with Crippen molar-refractivity contribution in [3.05, 3.63) is 60.0 Å². The molecule has 2 N–H and O–H groups in total. The van der Waals surface area contributed by atoms with E-state index in [0.717, 1.165) is 38.4 Å². The molecule has 1 fully saturated rings. The third-order valence-electron chi connectivity index (χ3n) is 5.07. The number of nitrogens with one attached hydrogen (secondary N) is 2. The summed E-state index contributed by atoms with van der Waals surface area (Å²) >= 11 is 0. The molecule has 9 nitrogen and oxygen atoms in total. The summed E-state index contributed by atoms with van der Waals surface area (Å²) in [6.07, 6.45) is 2.32.